The molecule has 2 rings (SSSR count). The number of rotatable bonds is 9. The minimum Gasteiger partial charge on any atom is -0.342 e. The van der Waals surface area contributed by atoms with Crippen LogP contribution in [0.15, 0.2) is 12.2 Å². The zero-order chi connectivity index (χ0) is 19.1. The van der Waals surface area contributed by atoms with Crippen molar-refractivity contribution in [2.75, 3.05) is 25.9 Å². The molecule has 0 aromatic rings. The summed E-state index contributed by atoms with van der Waals surface area (Å²) < 4.78 is 0. The molecule has 26 heavy (non-hydrogen) atoms. The number of amides is 3. The summed E-state index contributed by atoms with van der Waals surface area (Å²) in [6, 6.07) is 0. The third-order valence-electron chi connectivity index (χ3n) is 5.58. The van der Waals surface area contributed by atoms with Crippen molar-refractivity contribution < 1.29 is 14.4 Å². The first-order valence-corrected chi connectivity index (χ1v) is 11.1. The fourth-order valence-corrected chi connectivity index (χ4v) is 4.10. The minimum absolute atomic E-state index is 0.0599. The summed E-state index contributed by atoms with van der Waals surface area (Å²) >= 11 is 1.93. The summed E-state index contributed by atoms with van der Waals surface area (Å²) in [4.78, 5) is 39.0. The fraction of sp³-hybridized carbons (Fsp3) is 0.750. The lowest BCUT2D eigenvalue weighted by Crippen LogP contribution is -2.45. The molecule has 2 atom stereocenters. The molecule has 2 aliphatic rings. The molecule has 0 aromatic carbocycles. The Balaban J connectivity index is 1.67. The van der Waals surface area contributed by atoms with Gasteiger partial charge in [0, 0.05) is 37.0 Å². The molecule has 0 aliphatic carbocycles. The first-order valence-electron chi connectivity index (χ1n) is 9.77. The molecular weight excluding hydrogens is 348 g/mol. The van der Waals surface area contributed by atoms with Crippen molar-refractivity contribution in [2.24, 2.45) is 11.8 Å². The number of piperidine rings is 1. The Morgan fingerprint density at radius 3 is 2.35 bits per heavy atom. The molecule has 2 heterocycles. The SMILES string of the molecule is CSC(C)CCCCC1CCN(C(=O)C(C)CN2C(=O)C=CC2=O)CC1. The van der Waals surface area contributed by atoms with Gasteiger partial charge in [0.15, 0.2) is 0 Å². The summed E-state index contributed by atoms with van der Waals surface area (Å²) in [5.41, 5.74) is 0. The van der Waals surface area contributed by atoms with E-state index < -0.39 is 0 Å². The number of thioether (sulfide) groups is 1. The van der Waals surface area contributed by atoms with E-state index in [0.29, 0.717) is 0 Å². The molecular formula is C20H32N2O3S. The monoisotopic (exact) mass is 380 g/mol. The van der Waals surface area contributed by atoms with Gasteiger partial charge in [0.05, 0.1) is 5.92 Å². The van der Waals surface area contributed by atoms with E-state index in [2.05, 4.69) is 13.2 Å². The maximum atomic E-state index is 12.6. The molecule has 0 aromatic heterocycles. The molecule has 2 unspecified atom stereocenters. The maximum absolute atomic E-state index is 12.6. The molecule has 146 valence electrons. The Morgan fingerprint density at radius 1 is 1.15 bits per heavy atom. The Labute approximate surface area is 161 Å². The van der Waals surface area contributed by atoms with E-state index in [4.69, 9.17) is 0 Å². The zero-order valence-electron chi connectivity index (χ0n) is 16.3. The average molecular weight is 381 g/mol. The highest BCUT2D eigenvalue weighted by Crippen LogP contribution is 2.25. The minimum atomic E-state index is -0.340. The second-order valence-corrected chi connectivity index (χ2v) is 8.90. The van der Waals surface area contributed by atoms with Crippen LogP contribution in [0.3, 0.4) is 0 Å². The average Bonchev–Trinajstić information content (AvgIpc) is 2.96. The molecule has 0 N–H and O–H groups in total. The number of hydrogen-bond acceptors (Lipinski definition) is 4. The van der Waals surface area contributed by atoms with E-state index in [1.54, 1.807) is 6.92 Å². The van der Waals surface area contributed by atoms with Gasteiger partial charge in [0.25, 0.3) is 11.8 Å². The van der Waals surface area contributed by atoms with Crippen LogP contribution < -0.4 is 0 Å². The van der Waals surface area contributed by atoms with Crippen molar-refractivity contribution in [2.45, 2.75) is 57.6 Å². The predicted octanol–water partition coefficient (Wildman–Crippen LogP) is 3.10. The van der Waals surface area contributed by atoms with E-state index in [9.17, 15) is 14.4 Å². The van der Waals surface area contributed by atoms with E-state index in [1.807, 2.05) is 16.7 Å². The van der Waals surface area contributed by atoms with E-state index in [-0.39, 0.29) is 30.2 Å². The maximum Gasteiger partial charge on any atom is 0.253 e. The van der Waals surface area contributed by atoms with Crippen LogP contribution in [0.4, 0.5) is 0 Å². The number of carbonyl (C=O) groups is 3. The Morgan fingerprint density at radius 2 is 1.77 bits per heavy atom. The van der Waals surface area contributed by atoms with Gasteiger partial charge >= 0.3 is 0 Å². The lowest BCUT2D eigenvalue weighted by atomic mass is 9.90. The van der Waals surface area contributed by atoms with Gasteiger partial charge in [-0.3, -0.25) is 19.3 Å². The van der Waals surface area contributed by atoms with E-state index in [1.165, 1.54) is 37.8 Å². The van der Waals surface area contributed by atoms with Crippen LogP contribution in [0.5, 0.6) is 0 Å². The van der Waals surface area contributed by atoms with Crippen LogP contribution in [-0.2, 0) is 14.4 Å². The van der Waals surface area contributed by atoms with Crippen LogP contribution >= 0.6 is 11.8 Å². The Kier molecular flexibility index (Phi) is 8.19. The second-order valence-electron chi connectivity index (χ2n) is 7.62. The van der Waals surface area contributed by atoms with Gasteiger partial charge in [0.1, 0.15) is 0 Å². The molecule has 5 nitrogen and oxygen atoms in total. The number of carbonyl (C=O) groups excluding carboxylic acids is 3. The zero-order valence-corrected chi connectivity index (χ0v) is 17.1. The third-order valence-corrected chi connectivity index (χ3v) is 6.62. The van der Waals surface area contributed by atoms with Crippen LogP contribution in [0.2, 0.25) is 0 Å². The van der Waals surface area contributed by atoms with Crippen molar-refractivity contribution in [1.29, 1.82) is 0 Å². The van der Waals surface area contributed by atoms with E-state index >= 15 is 0 Å². The van der Waals surface area contributed by atoms with Gasteiger partial charge in [-0.1, -0.05) is 33.1 Å². The summed E-state index contributed by atoms with van der Waals surface area (Å²) in [7, 11) is 0. The molecule has 2 aliphatic heterocycles. The fourth-order valence-electron chi connectivity index (χ4n) is 3.70. The standard InChI is InChI=1S/C20H32N2O3S/c1-15(14-22-18(23)8-9-19(22)24)20(25)21-12-10-17(11-13-21)7-5-4-6-16(2)26-3/h8-9,15-17H,4-7,10-14H2,1-3H3. The molecule has 0 bridgehead atoms. The lowest BCUT2D eigenvalue weighted by molar-refractivity contribution is -0.141. The Hall–Kier alpha value is -1.30. The number of hydrogen-bond donors (Lipinski definition) is 0. The topological polar surface area (TPSA) is 57.7 Å². The first-order chi connectivity index (χ1) is 12.4. The molecule has 0 spiro atoms. The van der Waals surface area contributed by atoms with Gasteiger partial charge in [-0.2, -0.15) is 11.8 Å². The predicted molar refractivity (Wildman–Crippen MR) is 106 cm³/mol. The van der Waals surface area contributed by atoms with Crippen molar-refractivity contribution in [3.05, 3.63) is 12.2 Å². The second kappa shape index (κ2) is 10.1. The largest absolute Gasteiger partial charge is 0.342 e. The highest BCUT2D eigenvalue weighted by atomic mass is 32.2. The summed E-state index contributed by atoms with van der Waals surface area (Å²) in [6.45, 7) is 5.87. The van der Waals surface area contributed by atoms with Crippen molar-refractivity contribution in [3.63, 3.8) is 0 Å². The number of unbranched alkanes of at least 4 members (excludes halogenated alkanes) is 1. The highest BCUT2D eigenvalue weighted by Gasteiger charge is 2.31. The molecule has 6 heteroatoms. The summed E-state index contributed by atoms with van der Waals surface area (Å²) in [5, 5.41) is 0.750. The van der Waals surface area contributed by atoms with Crippen LogP contribution in [-0.4, -0.2) is 58.7 Å². The highest BCUT2D eigenvalue weighted by molar-refractivity contribution is 7.99. The van der Waals surface area contributed by atoms with Gasteiger partial charge in [0.2, 0.25) is 5.91 Å². The van der Waals surface area contributed by atoms with Crippen molar-refractivity contribution in [1.82, 2.24) is 9.80 Å². The smallest absolute Gasteiger partial charge is 0.253 e. The van der Waals surface area contributed by atoms with Crippen molar-refractivity contribution in [3.8, 4) is 0 Å². The summed E-state index contributed by atoms with van der Waals surface area (Å²) in [6.07, 6.45) is 12.0. The van der Waals surface area contributed by atoms with Crippen LogP contribution in [0.25, 0.3) is 0 Å². The van der Waals surface area contributed by atoms with Crippen molar-refractivity contribution >= 4 is 29.5 Å². The van der Waals surface area contributed by atoms with Gasteiger partial charge < -0.3 is 4.90 Å². The number of likely N-dealkylation sites (tertiary alicyclic amines) is 1. The molecule has 3 amide bonds. The van der Waals surface area contributed by atoms with Gasteiger partial charge in [-0.15, -0.1) is 0 Å². The number of imide groups is 1. The number of nitrogens with zero attached hydrogens (tertiary/aromatic N) is 2. The normalized spacial score (nSPS) is 20.7. The van der Waals surface area contributed by atoms with E-state index in [0.717, 1.165) is 42.0 Å². The van der Waals surface area contributed by atoms with Gasteiger partial charge in [-0.05, 0) is 31.4 Å². The van der Waals surface area contributed by atoms with Crippen LogP contribution in [0.1, 0.15) is 52.4 Å². The third kappa shape index (κ3) is 5.86. The summed E-state index contributed by atoms with van der Waals surface area (Å²) in [5.74, 6) is -0.185. The van der Waals surface area contributed by atoms with Gasteiger partial charge in [-0.25, -0.2) is 0 Å². The molecule has 0 radical (unpaired) electrons. The first kappa shape index (κ1) is 21.0. The van der Waals surface area contributed by atoms with Crippen LogP contribution in [0, 0.1) is 11.8 Å². The molecule has 0 saturated carbocycles. The Bertz CT molecular complexity index is 523. The molecule has 1 fully saturated rings. The molecule has 1 saturated heterocycles. The lowest BCUT2D eigenvalue weighted by Gasteiger charge is -2.34. The quantitative estimate of drug-likeness (QED) is 0.456.